The topological polar surface area (TPSA) is 52.6 Å². The Bertz CT molecular complexity index is 453. The molecule has 0 aromatic heterocycles. The van der Waals surface area contributed by atoms with Crippen LogP contribution >= 0.6 is 0 Å². The molecule has 1 rings (SSSR count). The van der Waals surface area contributed by atoms with Gasteiger partial charge in [0.15, 0.2) is 18.5 Å². The van der Waals surface area contributed by atoms with E-state index in [1.807, 2.05) is 0 Å². The van der Waals surface area contributed by atoms with Crippen molar-refractivity contribution in [2.24, 2.45) is 0 Å². The van der Waals surface area contributed by atoms with Crippen LogP contribution in [-0.2, 0) is 14.3 Å². The molecule has 1 unspecified atom stereocenters. The predicted octanol–water partition coefficient (Wildman–Crippen LogP) is 2.14. The fourth-order valence-electron chi connectivity index (χ4n) is 1.25. The van der Waals surface area contributed by atoms with Gasteiger partial charge in [0.05, 0.1) is 6.61 Å². The van der Waals surface area contributed by atoms with Crippen LogP contribution in [0.5, 0.6) is 0 Å². The summed E-state index contributed by atoms with van der Waals surface area (Å²) in [6.07, 6.45) is 0.743. The SMILES string of the molecule is C=CCOC(C)C(=O)OCC(=O)c1ccc(F)cc1. The molecule has 19 heavy (non-hydrogen) atoms. The largest absolute Gasteiger partial charge is 0.455 e. The van der Waals surface area contributed by atoms with Crippen LogP contribution < -0.4 is 0 Å². The number of halogens is 1. The zero-order valence-corrected chi connectivity index (χ0v) is 10.6. The number of hydrogen-bond acceptors (Lipinski definition) is 4. The number of ketones is 1. The molecule has 102 valence electrons. The average Bonchev–Trinajstić information content (AvgIpc) is 2.42. The summed E-state index contributed by atoms with van der Waals surface area (Å²) >= 11 is 0. The molecule has 0 radical (unpaired) electrons. The van der Waals surface area contributed by atoms with E-state index < -0.39 is 30.3 Å². The lowest BCUT2D eigenvalue weighted by Gasteiger charge is -2.10. The Balaban J connectivity index is 2.43. The molecule has 0 saturated heterocycles. The van der Waals surface area contributed by atoms with Crippen LogP contribution in [0, 0.1) is 5.82 Å². The van der Waals surface area contributed by atoms with Crippen molar-refractivity contribution < 1.29 is 23.5 Å². The molecule has 1 atom stereocenters. The number of rotatable bonds is 7. The van der Waals surface area contributed by atoms with Crippen molar-refractivity contribution in [2.75, 3.05) is 13.2 Å². The van der Waals surface area contributed by atoms with Crippen LogP contribution in [0.15, 0.2) is 36.9 Å². The summed E-state index contributed by atoms with van der Waals surface area (Å²) in [5.41, 5.74) is 0.286. The van der Waals surface area contributed by atoms with Crippen molar-refractivity contribution >= 4 is 11.8 Å². The summed E-state index contributed by atoms with van der Waals surface area (Å²) in [6.45, 7) is 4.80. The van der Waals surface area contributed by atoms with Crippen molar-refractivity contribution in [3.8, 4) is 0 Å². The Kier molecular flexibility index (Phi) is 5.89. The molecule has 0 heterocycles. The molecule has 5 heteroatoms. The van der Waals surface area contributed by atoms with Gasteiger partial charge in [0.25, 0.3) is 0 Å². The van der Waals surface area contributed by atoms with E-state index in [2.05, 4.69) is 6.58 Å². The maximum Gasteiger partial charge on any atom is 0.335 e. The van der Waals surface area contributed by atoms with Gasteiger partial charge in [-0.1, -0.05) is 6.08 Å². The summed E-state index contributed by atoms with van der Waals surface area (Å²) in [4.78, 5) is 23.1. The molecule has 0 aliphatic rings. The number of ether oxygens (including phenoxy) is 2. The minimum absolute atomic E-state index is 0.224. The number of benzene rings is 1. The second-order valence-corrected chi connectivity index (χ2v) is 3.80. The molecular weight excluding hydrogens is 251 g/mol. The van der Waals surface area contributed by atoms with Crippen LogP contribution in [0.25, 0.3) is 0 Å². The standard InChI is InChI=1S/C14H15FO4/c1-3-8-18-10(2)14(17)19-9-13(16)11-4-6-12(15)7-5-11/h3-7,10H,1,8-9H2,2H3. The first-order valence-corrected chi connectivity index (χ1v) is 5.72. The molecule has 0 aliphatic carbocycles. The van der Waals surface area contributed by atoms with Crippen LogP contribution in [0.3, 0.4) is 0 Å². The summed E-state index contributed by atoms with van der Waals surface area (Å²) in [5, 5.41) is 0. The Labute approximate surface area is 110 Å². The zero-order valence-electron chi connectivity index (χ0n) is 10.6. The van der Waals surface area contributed by atoms with E-state index in [1.54, 1.807) is 0 Å². The molecule has 0 spiro atoms. The second-order valence-electron chi connectivity index (χ2n) is 3.80. The molecular formula is C14H15FO4. The maximum absolute atomic E-state index is 12.7. The van der Waals surface area contributed by atoms with Crippen molar-refractivity contribution in [3.63, 3.8) is 0 Å². The molecule has 1 aromatic rings. The zero-order chi connectivity index (χ0) is 14.3. The summed E-state index contributed by atoms with van der Waals surface area (Å²) < 4.78 is 22.5. The lowest BCUT2D eigenvalue weighted by Crippen LogP contribution is -2.25. The van der Waals surface area contributed by atoms with E-state index in [-0.39, 0.29) is 12.2 Å². The van der Waals surface area contributed by atoms with Crippen LogP contribution in [-0.4, -0.2) is 31.1 Å². The second kappa shape index (κ2) is 7.43. The summed E-state index contributed by atoms with van der Waals surface area (Å²) in [5.74, 6) is -1.46. The van der Waals surface area contributed by atoms with Gasteiger partial charge in [0.2, 0.25) is 0 Å². The number of esters is 1. The highest BCUT2D eigenvalue weighted by Gasteiger charge is 2.16. The third kappa shape index (κ3) is 5.01. The first-order valence-electron chi connectivity index (χ1n) is 5.72. The first-order chi connectivity index (χ1) is 9.04. The minimum atomic E-state index is -0.765. The molecule has 0 aliphatic heterocycles. The van der Waals surface area contributed by atoms with E-state index in [1.165, 1.54) is 37.3 Å². The van der Waals surface area contributed by atoms with Gasteiger partial charge in [0, 0.05) is 5.56 Å². The monoisotopic (exact) mass is 266 g/mol. The molecule has 0 amide bonds. The number of Topliss-reactive ketones (excluding diaryl/α,β-unsaturated/α-hetero) is 1. The van der Waals surface area contributed by atoms with Crippen molar-refractivity contribution in [3.05, 3.63) is 48.3 Å². The number of carbonyl (C=O) groups is 2. The highest BCUT2D eigenvalue weighted by molar-refractivity contribution is 5.98. The fourth-order valence-corrected chi connectivity index (χ4v) is 1.25. The Morgan fingerprint density at radius 1 is 1.37 bits per heavy atom. The molecule has 0 bridgehead atoms. The van der Waals surface area contributed by atoms with Crippen molar-refractivity contribution in [1.82, 2.24) is 0 Å². The predicted molar refractivity (Wildman–Crippen MR) is 67.3 cm³/mol. The van der Waals surface area contributed by atoms with Crippen molar-refractivity contribution in [2.45, 2.75) is 13.0 Å². The van der Waals surface area contributed by atoms with Gasteiger partial charge >= 0.3 is 5.97 Å². The van der Waals surface area contributed by atoms with E-state index >= 15 is 0 Å². The highest BCUT2D eigenvalue weighted by atomic mass is 19.1. The third-order valence-corrected chi connectivity index (χ3v) is 2.31. The number of hydrogen-bond donors (Lipinski definition) is 0. The molecule has 0 saturated carbocycles. The van der Waals surface area contributed by atoms with Crippen LogP contribution in [0.2, 0.25) is 0 Å². The van der Waals surface area contributed by atoms with Crippen LogP contribution in [0.1, 0.15) is 17.3 Å². The van der Waals surface area contributed by atoms with Gasteiger partial charge in [-0.05, 0) is 31.2 Å². The quantitative estimate of drug-likeness (QED) is 0.431. The third-order valence-electron chi connectivity index (χ3n) is 2.31. The maximum atomic E-state index is 12.7. The van der Waals surface area contributed by atoms with Gasteiger partial charge in [-0.2, -0.15) is 0 Å². The normalized spacial score (nSPS) is 11.7. The Morgan fingerprint density at radius 3 is 2.58 bits per heavy atom. The first kappa shape index (κ1) is 15.0. The molecule has 0 N–H and O–H groups in total. The number of carbonyl (C=O) groups excluding carboxylic acids is 2. The Morgan fingerprint density at radius 2 is 2.00 bits per heavy atom. The molecule has 1 aromatic carbocycles. The Hall–Kier alpha value is -2.01. The van der Waals surface area contributed by atoms with Crippen LogP contribution in [0.4, 0.5) is 4.39 Å². The lowest BCUT2D eigenvalue weighted by molar-refractivity contribution is -0.154. The molecule has 0 fully saturated rings. The van der Waals surface area contributed by atoms with E-state index in [0.717, 1.165) is 0 Å². The van der Waals surface area contributed by atoms with E-state index in [4.69, 9.17) is 9.47 Å². The highest BCUT2D eigenvalue weighted by Crippen LogP contribution is 2.04. The summed E-state index contributed by atoms with van der Waals surface area (Å²) in [7, 11) is 0. The average molecular weight is 266 g/mol. The van der Waals surface area contributed by atoms with Gasteiger partial charge in [-0.15, -0.1) is 6.58 Å². The van der Waals surface area contributed by atoms with E-state index in [0.29, 0.717) is 0 Å². The van der Waals surface area contributed by atoms with Crippen molar-refractivity contribution in [1.29, 1.82) is 0 Å². The summed E-state index contributed by atoms with van der Waals surface area (Å²) in [6, 6.07) is 5.02. The fraction of sp³-hybridized carbons (Fsp3) is 0.286. The lowest BCUT2D eigenvalue weighted by atomic mass is 10.1. The van der Waals surface area contributed by atoms with E-state index in [9.17, 15) is 14.0 Å². The minimum Gasteiger partial charge on any atom is -0.455 e. The van der Waals surface area contributed by atoms with Gasteiger partial charge in [-0.3, -0.25) is 4.79 Å². The molecule has 4 nitrogen and oxygen atoms in total. The smallest absolute Gasteiger partial charge is 0.335 e. The van der Waals surface area contributed by atoms with Gasteiger partial charge in [-0.25, -0.2) is 9.18 Å². The van der Waals surface area contributed by atoms with Gasteiger partial charge in [0.1, 0.15) is 5.82 Å². The van der Waals surface area contributed by atoms with Gasteiger partial charge < -0.3 is 9.47 Å².